The molecule has 1 aliphatic rings. The van der Waals surface area contributed by atoms with Gasteiger partial charge in [0.05, 0.1) is 24.5 Å². The van der Waals surface area contributed by atoms with Gasteiger partial charge in [0.2, 0.25) is 0 Å². The predicted octanol–water partition coefficient (Wildman–Crippen LogP) is 12.6. The minimum atomic E-state index is -0.781. The quantitative estimate of drug-likeness (QED) is 0.0348. The molecule has 7 nitrogen and oxygen atoms in total. The minimum Gasteiger partial charge on any atom is -0.465 e. The maximum Gasteiger partial charge on any atom is 0.336 e. The summed E-state index contributed by atoms with van der Waals surface area (Å²) in [5.41, 5.74) is 2.63. The van der Waals surface area contributed by atoms with E-state index >= 15 is 0 Å². The number of carbonyl (C=O) groups is 2. The lowest BCUT2D eigenvalue weighted by molar-refractivity contribution is -0.689. The zero-order chi connectivity index (χ0) is 42.3. The summed E-state index contributed by atoms with van der Waals surface area (Å²) < 4.78 is 16.3. The molecule has 0 bridgehead atoms. The highest BCUT2D eigenvalue weighted by atomic mass is 16.5. The van der Waals surface area contributed by atoms with Crippen molar-refractivity contribution in [1.29, 1.82) is 0 Å². The van der Waals surface area contributed by atoms with Crippen LogP contribution in [0, 0.1) is 5.92 Å². The molecule has 1 aromatic carbocycles. The molecule has 1 aliphatic heterocycles. The van der Waals surface area contributed by atoms with Crippen LogP contribution >= 0.6 is 0 Å². The third-order valence-electron chi connectivity index (χ3n) is 11.9. The van der Waals surface area contributed by atoms with Crippen LogP contribution < -0.4 is 9.13 Å². The van der Waals surface area contributed by atoms with E-state index in [0.717, 1.165) is 44.1 Å². The molecule has 0 saturated heterocycles. The van der Waals surface area contributed by atoms with E-state index in [0.29, 0.717) is 43.3 Å². The fraction of sp³-hybridized carbons (Fsp3) is 0.604. The van der Waals surface area contributed by atoms with Gasteiger partial charge >= 0.3 is 11.9 Å². The van der Waals surface area contributed by atoms with Crippen LogP contribution in [-0.2, 0) is 32.2 Å². The van der Waals surface area contributed by atoms with Crippen LogP contribution in [0.15, 0.2) is 108 Å². The Balaban J connectivity index is 1.45. The molecule has 0 amide bonds. The molecular formula is C53H79N3O4+2. The first-order valence-corrected chi connectivity index (χ1v) is 24.2. The largest absolute Gasteiger partial charge is 0.465 e. The Bertz CT molecular complexity index is 1640. The fourth-order valence-corrected chi connectivity index (χ4v) is 8.46. The Morgan fingerprint density at radius 2 is 0.900 bits per heavy atom. The Morgan fingerprint density at radius 3 is 1.37 bits per heavy atom. The van der Waals surface area contributed by atoms with Crippen molar-refractivity contribution in [3.63, 3.8) is 0 Å². The van der Waals surface area contributed by atoms with Crippen molar-refractivity contribution < 1.29 is 28.2 Å². The molecule has 4 rings (SSSR count). The van der Waals surface area contributed by atoms with E-state index < -0.39 is 17.8 Å². The molecule has 2 aromatic heterocycles. The molecule has 0 radical (unpaired) electrons. The lowest BCUT2D eigenvalue weighted by atomic mass is 9.75. The highest BCUT2D eigenvalue weighted by Gasteiger charge is 2.46. The zero-order valence-corrected chi connectivity index (χ0v) is 37.6. The maximum absolute atomic E-state index is 14.5. The van der Waals surface area contributed by atoms with Gasteiger partial charge in [0.25, 0.3) is 0 Å². The Kier molecular flexibility index (Phi) is 24.9. The molecular weight excluding hydrogens is 743 g/mol. The van der Waals surface area contributed by atoms with Crippen LogP contribution in [-0.4, -0.2) is 30.9 Å². The van der Waals surface area contributed by atoms with Crippen molar-refractivity contribution in [2.24, 2.45) is 10.9 Å². The van der Waals surface area contributed by atoms with Crippen LogP contribution in [0.25, 0.3) is 0 Å². The topological polar surface area (TPSA) is 72.7 Å². The summed E-state index contributed by atoms with van der Waals surface area (Å²) in [7, 11) is 0. The summed E-state index contributed by atoms with van der Waals surface area (Å²) in [4.78, 5) is 34.2. The van der Waals surface area contributed by atoms with Gasteiger partial charge in [-0.15, -0.1) is 0 Å². The second-order valence-electron chi connectivity index (χ2n) is 17.0. The van der Waals surface area contributed by atoms with Crippen molar-refractivity contribution >= 4 is 17.7 Å². The van der Waals surface area contributed by atoms with E-state index in [1.165, 1.54) is 116 Å². The van der Waals surface area contributed by atoms with Crippen molar-refractivity contribution in [2.75, 3.05) is 13.2 Å². The number of ether oxygens (including phenoxy) is 2. The number of pyridine rings is 2. The standard InChI is InChI=1S/C53H79N3O4/c1-3-5-7-9-11-13-15-17-19-21-23-34-42-59-52(57)50-47(44-55-38-30-26-31-39-55)54-48(45-56-40-32-27-33-41-56)51(49(50)46-36-28-25-29-37-46)53(58)60-43-35-24-22-20-18-16-14-12-10-8-6-4-2/h25-33,36-41,49-50H,3-24,34-35,42-45H2,1-2H3/q+2. The number of benzene rings is 1. The summed E-state index contributed by atoms with van der Waals surface area (Å²) in [6, 6.07) is 21.8. The van der Waals surface area contributed by atoms with Crippen LogP contribution in [0.2, 0.25) is 0 Å². The van der Waals surface area contributed by atoms with Gasteiger partial charge in [0.15, 0.2) is 37.9 Å². The molecule has 0 fully saturated rings. The number of esters is 2. The maximum atomic E-state index is 14.5. The van der Waals surface area contributed by atoms with Crippen LogP contribution in [0.3, 0.4) is 0 Å². The molecule has 3 heterocycles. The first-order valence-electron chi connectivity index (χ1n) is 24.2. The number of aliphatic imine (C=N–C) groups is 1. The highest BCUT2D eigenvalue weighted by molar-refractivity contribution is 6.07. The number of hydrogen-bond acceptors (Lipinski definition) is 5. The van der Waals surface area contributed by atoms with Gasteiger partial charge in [-0.05, 0) is 18.4 Å². The van der Waals surface area contributed by atoms with E-state index in [2.05, 4.69) is 13.8 Å². The Morgan fingerprint density at radius 1 is 0.500 bits per heavy atom. The molecule has 2 unspecified atom stereocenters. The van der Waals surface area contributed by atoms with Gasteiger partial charge in [-0.3, -0.25) is 4.79 Å². The van der Waals surface area contributed by atoms with E-state index in [1.807, 2.05) is 101 Å². The molecule has 0 aliphatic carbocycles. The third kappa shape index (κ3) is 18.6. The van der Waals surface area contributed by atoms with Crippen molar-refractivity contribution in [2.45, 2.75) is 187 Å². The highest BCUT2D eigenvalue weighted by Crippen LogP contribution is 2.40. The summed E-state index contributed by atoms with van der Waals surface area (Å²) in [5, 5.41) is 0. The van der Waals surface area contributed by atoms with Crippen molar-refractivity contribution in [1.82, 2.24) is 0 Å². The SMILES string of the molecule is CCCCCCCCCCCCCCOC(=O)C1=C(C[n+]2ccccc2)N=C(C[n+]2ccccc2)C(C(=O)OCCCCCCCCCCCCCC)C1c1ccccc1. The third-order valence-corrected chi connectivity index (χ3v) is 11.9. The first kappa shape index (κ1) is 48.5. The van der Waals surface area contributed by atoms with Crippen molar-refractivity contribution in [3.8, 4) is 0 Å². The van der Waals surface area contributed by atoms with Crippen LogP contribution in [0.5, 0.6) is 0 Å². The lowest BCUT2D eigenvalue weighted by Gasteiger charge is -2.32. The summed E-state index contributed by atoms with van der Waals surface area (Å²) in [6.45, 7) is 6.00. The van der Waals surface area contributed by atoms with E-state index in [-0.39, 0.29) is 5.97 Å². The fourth-order valence-electron chi connectivity index (χ4n) is 8.46. The molecule has 328 valence electrons. The Hall–Kier alpha value is -4.13. The number of allylic oxidation sites excluding steroid dienone is 1. The molecule has 60 heavy (non-hydrogen) atoms. The van der Waals surface area contributed by atoms with E-state index in [4.69, 9.17) is 14.5 Å². The smallest absolute Gasteiger partial charge is 0.336 e. The van der Waals surface area contributed by atoms with Crippen molar-refractivity contribution in [3.05, 3.63) is 108 Å². The summed E-state index contributed by atoms with van der Waals surface area (Å²) >= 11 is 0. The zero-order valence-electron chi connectivity index (χ0n) is 37.6. The molecule has 0 N–H and O–H groups in total. The molecule has 3 aromatic rings. The van der Waals surface area contributed by atoms with E-state index in [9.17, 15) is 9.59 Å². The average Bonchev–Trinajstić information content (AvgIpc) is 3.27. The number of hydrogen-bond donors (Lipinski definition) is 0. The Labute approximate surface area is 364 Å². The molecule has 0 saturated carbocycles. The predicted molar refractivity (Wildman–Crippen MR) is 244 cm³/mol. The lowest BCUT2D eigenvalue weighted by Crippen LogP contribution is -2.47. The van der Waals surface area contributed by atoms with Gasteiger partial charge in [0.1, 0.15) is 11.6 Å². The van der Waals surface area contributed by atoms with Gasteiger partial charge < -0.3 is 9.47 Å². The number of nitrogens with zero attached hydrogens (tertiary/aromatic N) is 3. The van der Waals surface area contributed by atoms with Crippen LogP contribution in [0.1, 0.15) is 179 Å². The van der Waals surface area contributed by atoms with Gasteiger partial charge in [-0.1, -0.05) is 198 Å². The van der Waals surface area contributed by atoms with E-state index in [1.54, 1.807) is 0 Å². The number of carbonyl (C=O) groups excluding carboxylic acids is 2. The summed E-state index contributed by atoms with van der Waals surface area (Å²) in [5.74, 6) is -2.12. The molecule has 7 heteroatoms. The first-order chi connectivity index (χ1) is 29.6. The monoisotopic (exact) mass is 822 g/mol. The number of aromatic nitrogens is 2. The number of unbranched alkanes of at least 4 members (excludes halogenated alkanes) is 22. The number of rotatable bonds is 33. The second kappa shape index (κ2) is 30.8. The molecule has 0 spiro atoms. The van der Waals surface area contributed by atoms with Gasteiger partial charge in [-0.2, -0.15) is 9.13 Å². The molecule has 2 atom stereocenters. The minimum absolute atomic E-state index is 0.333. The normalized spacial score (nSPS) is 15.2. The van der Waals surface area contributed by atoms with Gasteiger partial charge in [0, 0.05) is 30.2 Å². The average molecular weight is 822 g/mol. The van der Waals surface area contributed by atoms with Gasteiger partial charge in [-0.25, -0.2) is 9.79 Å². The summed E-state index contributed by atoms with van der Waals surface area (Å²) in [6.07, 6.45) is 37.8. The second-order valence-corrected chi connectivity index (χ2v) is 17.0. The van der Waals surface area contributed by atoms with Crippen LogP contribution in [0.4, 0.5) is 0 Å².